The molecular formula is C29H28N2PS2+. The van der Waals surface area contributed by atoms with Gasteiger partial charge < -0.3 is 0 Å². The molecule has 0 bridgehead atoms. The van der Waals surface area contributed by atoms with Crippen LogP contribution in [0.2, 0.25) is 0 Å². The Hall–Kier alpha value is -2.65. The van der Waals surface area contributed by atoms with E-state index in [1.165, 1.54) is 20.9 Å². The van der Waals surface area contributed by atoms with Crippen molar-refractivity contribution in [1.82, 2.24) is 9.97 Å². The van der Waals surface area contributed by atoms with Crippen LogP contribution in [0.25, 0.3) is 10.7 Å². The van der Waals surface area contributed by atoms with Gasteiger partial charge in [-0.05, 0) is 42.3 Å². The summed E-state index contributed by atoms with van der Waals surface area (Å²) in [5.74, 6) is 0.610. The first-order chi connectivity index (χ1) is 16.6. The molecule has 0 aliphatic heterocycles. The van der Waals surface area contributed by atoms with Crippen LogP contribution in [-0.2, 0) is 12.6 Å². The van der Waals surface area contributed by atoms with Crippen LogP contribution in [0.4, 0.5) is 0 Å². The van der Waals surface area contributed by atoms with Gasteiger partial charge in [-0.2, -0.15) is 0 Å². The van der Waals surface area contributed by atoms with Crippen molar-refractivity contribution in [2.45, 2.75) is 26.4 Å². The van der Waals surface area contributed by atoms with E-state index in [-0.39, 0.29) is 0 Å². The summed E-state index contributed by atoms with van der Waals surface area (Å²) in [7, 11) is -1.94. The SMILES string of the molecule is CC(C)Cc1nc(-c2nc(C[P+](c3ccccc3)(c3ccccc3)c3ccccc3)cs2)cs1. The second kappa shape index (κ2) is 10.3. The molecule has 2 heterocycles. The third kappa shape index (κ3) is 4.77. The van der Waals surface area contributed by atoms with Gasteiger partial charge in [-0.25, -0.2) is 9.97 Å². The van der Waals surface area contributed by atoms with E-state index in [2.05, 4.69) is 116 Å². The smallest absolute Gasteiger partial charge is 0.143 e. The number of thiazole rings is 2. The molecule has 0 radical (unpaired) electrons. The zero-order valence-corrected chi connectivity index (χ0v) is 22.0. The molecule has 5 aromatic rings. The van der Waals surface area contributed by atoms with E-state index in [4.69, 9.17) is 9.97 Å². The molecule has 34 heavy (non-hydrogen) atoms. The lowest BCUT2D eigenvalue weighted by Gasteiger charge is -2.27. The fourth-order valence-electron chi connectivity index (χ4n) is 4.36. The molecule has 170 valence electrons. The van der Waals surface area contributed by atoms with Gasteiger partial charge in [0.25, 0.3) is 0 Å². The summed E-state index contributed by atoms with van der Waals surface area (Å²) in [5.41, 5.74) is 2.16. The van der Waals surface area contributed by atoms with Crippen LogP contribution in [0.3, 0.4) is 0 Å². The minimum absolute atomic E-state index is 0.610. The minimum Gasteiger partial charge on any atom is -0.239 e. The van der Waals surface area contributed by atoms with Crippen molar-refractivity contribution in [3.05, 3.63) is 112 Å². The van der Waals surface area contributed by atoms with Crippen LogP contribution >= 0.6 is 29.9 Å². The van der Waals surface area contributed by atoms with E-state index in [1.54, 1.807) is 22.7 Å². The second-order valence-corrected chi connectivity index (χ2v) is 14.1. The Labute approximate surface area is 210 Å². The average molecular weight is 500 g/mol. The topological polar surface area (TPSA) is 25.8 Å². The van der Waals surface area contributed by atoms with Gasteiger partial charge in [-0.3, -0.25) is 0 Å². The van der Waals surface area contributed by atoms with Gasteiger partial charge in [0, 0.05) is 17.2 Å². The predicted octanol–water partition coefficient (Wildman–Crippen LogP) is 6.96. The molecule has 0 saturated carbocycles. The van der Waals surface area contributed by atoms with Crippen molar-refractivity contribution in [3.63, 3.8) is 0 Å². The number of hydrogen-bond donors (Lipinski definition) is 0. The van der Waals surface area contributed by atoms with Gasteiger partial charge in [0.05, 0.1) is 10.7 Å². The van der Waals surface area contributed by atoms with Crippen molar-refractivity contribution in [2.75, 3.05) is 0 Å². The molecule has 0 unspecified atom stereocenters. The van der Waals surface area contributed by atoms with E-state index in [1.807, 2.05) is 0 Å². The Bertz CT molecular complexity index is 1230. The maximum atomic E-state index is 5.12. The molecule has 0 amide bonds. The number of rotatable bonds is 8. The predicted molar refractivity (Wildman–Crippen MR) is 151 cm³/mol. The first kappa shape index (κ1) is 23.1. The highest BCUT2D eigenvalue weighted by Crippen LogP contribution is 2.58. The molecule has 0 atom stereocenters. The van der Waals surface area contributed by atoms with Crippen molar-refractivity contribution in [2.24, 2.45) is 5.92 Å². The van der Waals surface area contributed by atoms with Crippen LogP contribution in [0, 0.1) is 5.92 Å². The van der Waals surface area contributed by atoms with Crippen molar-refractivity contribution >= 4 is 45.8 Å². The van der Waals surface area contributed by atoms with Gasteiger partial charge in [0.1, 0.15) is 40.0 Å². The molecule has 2 aromatic heterocycles. The monoisotopic (exact) mass is 499 g/mol. The first-order valence-electron chi connectivity index (χ1n) is 11.6. The van der Waals surface area contributed by atoms with Crippen molar-refractivity contribution < 1.29 is 0 Å². The van der Waals surface area contributed by atoms with Crippen LogP contribution < -0.4 is 15.9 Å². The Kier molecular flexibility index (Phi) is 7.01. The summed E-state index contributed by atoms with van der Waals surface area (Å²) in [6, 6.07) is 33.0. The van der Waals surface area contributed by atoms with Crippen molar-refractivity contribution in [1.29, 1.82) is 0 Å². The molecule has 0 aliphatic carbocycles. The summed E-state index contributed by atoms with van der Waals surface area (Å²) in [5, 5.41) is 10.8. The largest absolute Gasteiger partial charge is 0.239 e. The highest BCUT2D eigenvalue weighted by Gasteiger charge is 2.46. The minimum atomic E-state index is -1.94. The summed E-state index contributed by atoms with van der Waals surface area (Å²) in [6.07, 6.45) is 1.91. The molecule has 0 fully saturated rings. The average Bonchev–Trinajstić information content (AvgIpc) is 3.53. The van der Waals surface area contributed by atoms with E-state index >= 15 is 0 Å². The highest BCUT2D eigenvalue weighted by molar-refractivity contribution is 7.95. The van der Waals surface area contributed by atoms with Crippen LogP contribution in [-0.4, -0.2) is 9.97 Å². The zero-order valence-electron chi connectivity index (χ0n) is 19.5. The fraction of sp³-hybridized carbons (Fsp3) is 0.172. The van der Waals surface area contributed by atoms with Gasteiger partial charge in [0.2, 0.25) is 0 Å². The molecule has 3 aromatic carbocycles. The van der Waals surface area contributed by atoms with Gasteiger partial charge in [0.15, 0.2) is 0 Å². The molecule has 0 spiro atoms. The first-order valence-corrected chi connectivity index (χ1v) is 15.3. The molecule has 0 saturated heterocycles. The van der Waals surface area contributed by atoms with Crippen LogP contribution in [0.15, 0.2) is 102 Å². The lowest BCUT2D eigenvalue weighted by atomic mass is 10.1. The highest BCUT2D eigenvalue weighted by atomic mass is 32.1. The van der Waals surface area contributed by atoms with Crippen molar-refractivity contribution in [3.8, 4) is 10.7 Å². The molecule has 0 N–H and O–H groups in total. The Morgan fingerprint density at radius 2 is 1.21 bits per heavy atom. The Morgan fingerprint density at radius 1 is 0.676 bits per heavy atom. The number of hydrogen-bond acceptors (Lipinski definition) is 4. The van der Waals surface area contributed by atoms with E-state index in [0.29, 0.717) is 5.92 Å². The number of nitrogens with zero attached hydrogens (tertiary/aromatic N) is 2. The normalized spacial score (nSPS) is 11.7. The van der Waals surface area contributed by atoms with Gasteiger partial charge in [-0.1, -0.05) is 68.4 Å². The third-order valence-electron chi connectivity index (χ3n) is 5.90. The third-order valence-corrected chi connectivity index (χ3v) is 12.0. The molecule has 5 heteroatoms. The maximum Gasteiger partial charge on any atom is 0.143 e. The van der Waals surface area contributed by atoms with Gasteiger partial charge in [-0.15, -0.1) is 22.7 Å². The van der Waals surface area contributed by atoms with E-state index < -0.39 is 7.26 Å². The van der Waals surface area contributed by atoms with Gasteiger partial charge >= 0.3 is 0 Å². The Morgan fingerprint density at radius 3 is 1.71 bits per heavy atom. The lowest BCUT2D eigenvalue weighted by Crippen LogP contribution is -2.32. The lowest BCUT2D eigenvalue weighted by molar-refractivity contribution is 0.645. The van der Waals surface area contributed by atoms with E-state index in [9.17, 15) is 0 Å². The quantitative estimate of drug-likeness (QED) is 0.216. The molecular weight excluding hydrogens is 471 g/mol. The number of aromatic nitrogens is 2. The second-order valence-electron chi connectivity index (χ2n) is 8.84. The summed E-state index contributed by atoms with van der Waals surface area (Å²) in [6.45, 7) is 4.48. The maximum absolute atomic E-state index is 5.12. The van der Waals surface area contributed by atoms with E-state index in [0.717, 1.165) is 29.0 Å². The fourth-order valence-corrected chi connectivity index (χ4v) is 10.5. The van der Waals surface area contributed by atoms with Crippen LogP contribution in [0.5, 0.6) is 0 Å². The van der Waals surface area contributed by atoms with Crippen LogP contribution in [0.1, 0.15) is 24.5 Å². The summed E-state index contributed by atoms with van der Waals surface area (Å²) in [4.78, 5) is 10.0. The zero-order chi connectivity index (χ0) is 23.4. The number of benzene rings is 3. The molecule has 5 rings (SSSR count). The molecule has 0 aliphatic rings. The standard InChI is InChI=1S/C29H28N2PS2/c1-22(2)18-28-31-27(21-33-28)29-30-23(20-34-29)19-32(24-12-6-3-7-13-24,25-14-8-4-9-15-25)26-16-10-5-11-17-26/h3-17,20-22H,18-19H2,1-2H3/q+1. The summed E-state index contributed by atoms with van der Waals surface area (Å²) < 4.78 is 0. The molecule has 2 nitrogen and oxygen atoms in total. The Balaban J connectivity index is 1.59. The summed E-state index contributed by atoms with van der Waals surface area (Å²) >= 11 is 3.46.